The molecule has 10 heteroatoms. The molecule has 0 bridgehead atoms. The maximum Gasteiger partial charge on any atom is 0.350 e. The molecule has 0 spiro atoms. The van der Waals surface area contributed by atoms with Crippen molar-refractivity contribution in [3.8, 4) is 11.5 Å². The van der Waals surface area contributed by atoms with Crippen LogP contribution in [0.15, 0.2) is 42.0 Å². The summed E-state index contributed by atoms with van der Waals surface area (Å²) < 4.78 is 10.6. The first-order valence-corrected chi connectivity index (χ1v) is 12.9. The fraction of sp³-hybridized carbons (Fsp3) is 0.286. The minimum Gasteiger partial charge on any atom is -0.507 e. The molecule has 1 aliphatic heterocycles. The van der Waals surface area contributed by atoms with E-state index in [9.17, 15) is 24.6 Å². The Bertz CT molecular complexity index is 1470. The van der Waals surface area contributed by atoms with Gasteiger partial charge in [-0.3, -0.25) is 14.5 Å². The lowest BCUT2D eigenvalue weighted by molar-refractivity contribution is -0.132. The number of rotatable bonds is 7. The van der Waals surface area contributed by atoms with Gasteiger partial charge in [0.1, 0.15) is 10.6 Å². The van der Waals surface area contributed by atoms with Crippen molar-refractivity contribution in [2.45, 2.75) is 40.7 Å². The number of aryl methyl sites for hydroxylation is 3. The predicted octanol–water partition coefficient (Wildman–Crippen LogP) is 4.98. The van der Waals surface area contributed by atoms with E-state index in [2.05, 4.69) is 4.98 Å². The monoisotopic (exact) mass is 536 g/mol. The highest BCUT2D eigenvalue weighted by molar-refractivity contribution is 7.17. The number of carbonyl (C=O) groups is 3. The molecule has 1 atom stereocenters. The number of ether oxygens (including phenoxy) is 2. The fourth-order valence-electron chi connectivity index (χ4n) is 4.32. The quantitative estimate of drug-likeness (QED) is 0.187. The van der Waals surface area contributed by atoms with Crippen LogP contribution in [0.1, 0.15) is 57.5 Å². The number of hydrogen-bond acceptors (Lipinski definition) is 9. The summed E-state index contributed by atoms with van der Waals surface area (Å²) in [5, 5.41) is 21.8. The second-order valence-electron chi connectivity index (χ2n) is 8.78. The van der Waals surface area contributed by atoms with Crippen LogP contribution in [-0.4, -0.2) is 46.1 Å². The molecule has 4 rings (SSSR count). The van der Waals surface area contributed by atoms with Gasteiger partial charge in [0.05, 0.1) is 30.5 Å². The van der Waals surface area contributed by atoms with Gasteiger partial charge in [-0.1, -0.05) is 35.1 Å². The fourth-order valence-corrected chi connectivity index (χ4v) is 5.31. The molecule has 1 amide bonds. The van der Waals surface area contributed by atoms with Gasteiger partial charge in [-0.25, -0.2) is 9.78 Å². The van der Waals surface area contributed by atoms with Gasteiger partial charge < -0.3 is 19.7 Å². The molecule has 1 unspecified atom stereocenters. The number of aliphatic hydroxyl groups is 1. The third-order valence-corrected chi connectivity index (χ3v) is 7.28. The molecule has 2 N–H and O–H groups in total. The van der Waals surface area contributed by atoms with E-state index < -0.39 is 23.7 Å². The number of hydrogen-bond donors (Lipinski definition) is 2. The average molecular weight is 537 g/mol. The Balaban J connectivity index is 1.97. The van der Waals surface area contributed by atoms with Crippen molar-refractivity contribution >= 4 is 39.9 Å². The molecule has 9 nitrogen and oxygen atoms in total. The van der Waals surface area contributed by atoms with Crippen LogP contribution in [0.4, 0.5) is 5.13 Å². The molecule has 0 saturated carbocycles. The summed E-state index contributed by atoms with van der Waals surface area (Å²) in [5.41, 5.74) is 2.61. The summed E-state index contributed by atoms with van der Waals surface area (Å²) in [4.78, 5) is 45.2. The van der Waals surface area contributed by atoms with Crippen LogP contribution in [-0.2, 0) is 14.3 Å². The van der Waals surface area contributed by atoms with Gasteiger partial charge in [0.15, 0.2) is 16.6 Å². The van der Waals surface area contributed by atoms with Crippen LogP contribution in [0.2, 0.25) is 0 Å². The molecular formula is C28H28N2O7S. The third kappa shape index (κ3) is 4.74. The highest BCUT2D eigenvalue weighted by atomic mass is 32.1. The number of amides is 1. The standard InChI is InChI=1S/C28H28N2O7S/c1-6-36-20-13-17(10-11-19(20)31)22-21(23(32)18-12-14(3)8-9-15(18)4)24(33)26(34)30(22)28-29-16(5)25(38-28)27(35)37-7-2/h8-13,22,31-32H,6-7H2,1-5H3. The number of aliphatic hydroxyl groups excluding tert-OH is 1. The number of esters is 1. The van der Waals surface area contributed by atoms with Gasteiger partial charge in [-0.2, -0.15) is 0 Å². The minimum absolute atomic E-state index is 0.101. The summed E-state index contributed by atoms with van der Waals surface area (Å²) in [6, 6.07) is 8.80. The maximum absolute atomic E-state index is 13.5. The molecule has 1 saturated heterocycles. The van der Waals surface area contributed by atoms with E-state index in [-0.39, 0.29) is 46.1 Å². The topological polar surface area (TPSA) is 126 Å². The van der Waals surface area contributed by atoms with E-state index in [1.807, 2.05) is 19.1 Å². The van der Waals surface area contributed by atoms with Crippen molar-refractivity contribution in [3.63, 3.8) is 0 Å². The molecule has 2 heterocycles. The summed E-state index contributed by atoms with van der Waals surface area (Å²) in [5.74, 6) is -2.67. The number of phenolic OH excluding ortho intramolecular Hbond substituents is 1. The van der Waals surface area contributed by atoms with E-state index in [1.165, 1.54) is 17.0 Å². The maximum atomic E-state index is 13.5. The summed E-state index contributed by atoms with van der Waals surface area (Å²) in [6.07, 6.45) is 0. The lowest BCUT2D eigenvalue weighted by Gasteiger charge is -2.24. The van der Waals surface area contributed by atoms with Crippen LogP contribution in [0.5, 0.6) is 11.5 Å². The molecule has 3 aromatic rings. The number of benzene rings is 2. The first-order valence-electron chi connectivity index (χ1n) is 12.1. The third-order valence-electron chi connectivity index (χ3n) is 6.14. The van der Waals surface area contributed by atoms with Crippen LogP contribution in [0.25, 0.3) is 5.76 Å². The van der Waals surface area contributed by atoms with Crippen molar-refractivity contribution in [1.82, 2.24) is 4.98 Å². The number of carbonyl (C=O) groups excluding carboxylic acids is 3. The Morgan fingerprint density at radius 2 is 1.82 bits per heavy atom. The number of ketones is 1. The Labute approximate surface area is 224 Å². The molecule has 38 heavy (non-hydrogen) atoms. The first kappa shape index (κ1) is 26.9. The zero-order chi connectivity index (χ0) is 27.7. The SMILES string of the molecule is CCOC(=O)c1sc(N2C(=O)C(=O)C(=C(O)c3cc(C)ccc3C)C2c2ccc(O)c(OCC)c2)nc1C. The largest absolute Gasteiger partial charge is 0.507 e. The number of aromatic hydroxyl groups is 1. The lowest BCUT2D eigenvalue weighted by Crippen LogP contribution is -2.29. The van der Waals surface area contributed by atoms with Crippen LogP contribution in [0.3, 0.4) is 0 Å². The number of phenols is 1. The van der Waals surface area contributed by atoms with E-state index in [1.54, 1.807) is 39.8 Å². The Morgan fingerprint density at radius 1 is 1.08 bits per heavy atom. The van der Waals surface area contributed by atoms with Crippen LogP contribution in [0, 0.1) is 20.8 Å². The van der Waals surface area contributed by atoms with Gasteiger partial charge in [0, 0.05) is 5.56 Å². The molecule has 2 aromatic carbocycles. The predicted molar refractivity (Wildman–Crippen MR) is 143 cm³/mol. The van der Waals surface area contributed by atoms with Gasteiger partial charge in [0.2, 0.25) is 0 Å². The van der Waals surface area contributed by atoms with Crippen molar-refractivity contribution in [1.29, 1.82) is 0 Å². The van der Waals surface area contributed by atoms with E-state index >= 15 is 0 Å². The summed E-state index contributed by atoms with van der Waals surface area (Å²) in [6.45, 7) is 9.14. The number of aromatic nitrogens is 1. The zero-order valence-corrected chi connectivity index (χ0v) is 22.5. The Kier molecular flexibility index (Phi) is 7.54. The van der Waals surface area contributed by atoms with E-state index in [4.69, 9.17) is 9.47 Å². The van der Waals surface area contributed by atoms with Crippen molar-refractivity contribution in [2.75, 3.05) is 18.1 Å². The second kappa shape index (κ2) is 10.7. The number of nitrogens with zero attached hydrogens (tertiary/aromatic N) is 2. The number of anilines is 1. The molecule has 0 radical (unpaired) electrons. The Hall–Kier alpha value is -4.18. The molecule has 1 aliphatic rings. The normalized spacial score (nSPS) is 16.7. The van der Waals surface area contributed by atoms with Crippen molar-refractivity contribution < 1.29 is 34.1 Å². The van der Waals surface area contributed by atoms with Gasteiger partial charge >= 0.3 is 11.9 Å². The number of Topliss-reactive ketones (excluding diaryl/α,β-unsaturated/α-hetero) is 1. The van der Waals surface area contributed by atoms with Gasteiger partial charge in [-0.15, -0.1) is 0 Å². The van der Waals surface area contributed by atoms with Gasteiger partial charge in [-0.05, 0) is 63.9 Å². The first-order chi connectivity index (χ1) is 18.1. The van der Waals surface area contributed by atoms with Gasteiger partial charge in [0.25, 0.3) is 5.78 Å². The minimum atomic E-state index is -1.10. The highest BCUT2D eigenvalue weighted by Gasteiger charge is 2.48. The number of thiazole rings is 1. The summed E-state index contributed by atoms with van der Waals surface area (Å²) >= 11 is 0.924. The zero-order valence-electron chi connectivity index (χ0n) is 21.7. The smallest absolute Gasteiger partial charge is 0.350 e. The van der Waals surface area contributed by atoms with Crippen molar-refractivity contribution in [2.24, 2.45) is 0 Å². The highest BCUT2D eigenvalue weighted by Crippen LogP contribution is 2.45. The van der Waals surface area contributed by atoms with Crippen LogP contribution < -0.4 is 9.64 Å². The molecule has 0 aliphatic carbocycles. The molecule has 1 aromatic heterocycles. The second-order valence-corrected chi connectivity index (χ2v) is 9.76. The summed E-state index contributed by atoms with van der Waals surface area (Å²) in [7, 11) is 0. The molecular weight excluding hydrogens is 508 g/mol. The van der Waals surface area contributed by atoms with Crippen molar-refractivity contribution in [3.05, 3.63) is 74.8 Å². The Morgan fingerprint density at radius 3 is 2.50 bits per heavy atom. The average Bonchev–Trinajstić information content (AvgIpc) is 3.38. The molecule has 1 fully saturated rings. The van der Waals surface area contributed by atoms with E-state index in [0.717, 1.165) is 16.9 Å². The lowest BCUT2D eigenvalue weighted by atomic mass is 9.93. The van der Waals surface area contributed by atoms with E-state index in [0.29, 0.717) is 22.4 Å². The van der Waals surface area contributed by atoms with Crippen LogP contribution >= 0.6 is 11.3 Å². The molecule has 198 valence electrons.